The fourth-order valence-corrected chi connectivity index (χ4v) is 4.33. The lowest BCUT2D eigenvalue weighted by atomic mass is 10.1. The molecular weight excluding hydrogens is 476 g/mol. The Morgan fingerprint density at radius 2 is 1.62 bits per heavy atom. The Morgan fingerprint density at radius 3 is 2.27 bits per heavy atom. The van der Waals surface area contributed by atoms with Crippen LogP contribution in [0.3, 0.4) is 0 Å². The van der Waals surface area contributed by atoms with Gasteiger partial charge in [-0.1, -0.05) is 24.3 Å². The summed E-state index contributed by atoms with van der Waals surface area (Å²) in [5, 5.41) is 14.1. The summed E-state index contributed by atoms with van der Waals surface area (Å²) in [5.41, 5.74) is 2.13. The molecule has 37 heavy (non-hydrogen) atoms. The van der Waals surface area contributed by atoms with Crippen LogP contribution < -0.4 is 10.2 Å². The maximum atomic E-state index is 13.2. The van der Waals surface area contributed by atoms with Gasteiger partial charge in [0.25, 0.3) is 17.5 Å². The van der Waals surface area contributed by atoms with Crippen molar-refractivity contribution in [3.05, 3.63) is 99.1 Å². The van der Waals surface area contributed by atoms with Crippen molar-refractivity contribution in [3.8, 4) is 0 Å². The molecule has 0 spiro atoms. The van der Waals surface area contributed by atoms with Crippen molar-refractivity contribution in [3.63, 3.8) is 0 Å². The highest BCUT2D eigenvalue weighted by atomic mass is 16.6. The largest absolute Gasteiger partial charge is 0.465 e. The zero-order chi connectivity index (χ0) is 26.5. The number of rotatable bonds is 6. The average Bonchev–Trinajstić information content (AvgIpc) is 2.92. The van der Waals surface area contributed by atoms with E-state index in [0.29, 0.717) is 43.1 Å². The van der Waals surface area contributed by atoms with Crippen molar-refractivity contribution in [1.29, 1.82) is 0 Å². The van der Waals surface area contributed by atoms with Gasteiger partial charge in [-0.2, -0.15) is 0 Å². The molecule has 3 aromatic rings. The molecule has 0 radical (unpaired) electrons. The van der Waals surface area contributed by atoms with E-state index in [4.69, 9.17) is 4.74 Å². The molecule has 1 heterocycles. The number of esters is 1. The predicted octanol–water partition coefficient (Wildman–Crippen LogP) is 3.90. The molecule has 190 valence electrons. The minimum Gasteiger partial charge on any atom is -0.465 e. The summed E-state index contributed by atoms with van der Waals surface area (Å²) >= 11 is 0. The molecule has 1 fully saturated rings. The summed E-state index contributed by atoms with van der Waals surface area (Å²) in [6, 6.07) is 18.2. The first-order valence-corrected chi connectivity index (χ1v) is 11.7. The van der Waals surface area contributed by atoms with Crippen molar-refractivity contribution in [1.82, 2.24) is 4.90 Å². The standard InChI is InChI=1S/C27H26N4O6/c1-18-21(9-6-10-23(18)31(35)36)25(32)28-22-17-20(27(34)37-2)11-12-24(22)29-13-15-30(16-14-29)26(33)19-7-4-3-5-8-19/h3-12,17H,13-16H2,1-2H3,(H,28,32). The van der Waals surface area contributed by atoms with Crippen molar-refractivity contribution < 1.29 is 24.0 Å². The second-order valence-electron chi connectivity index (χ2n) is 8.53. The van der Waals surface area contributed by atoms with E-state index in [1.165, 1.54) is 38.3 Å². The van der Waals surface area contributed by atoms with Gasteiger partial charge in [-0.15, -0.1) is 0 Å². The molecule has 0 aliphatic carbocycles. The van der Waals surface area contributed by atoms with Crippen LogP contribution in [0.1, 0.15) is 36.6 Å². The Balaban J connectivity index is 1.58. The second-order valence-corrected chi connectivity index (χ2v) is 8.53. The van der Waals surface area contributed by atoms with Gasteiger partial charge in [0.1, 0.15) is 0 Å². The highest BCUT2D eigenvalue weighted by Gasteiger charge is 2.25. The van der Waals surface area contributed by atoms with Gasteiger partial charge in [-0.25, -0.2) is 4.79 Å². The van der Waals surface area contributed by atoms with E-state index in [0.717, 1.165) is 0 Å². The Labute approximate surface area is 213 Å². The molecule has 0 atom stereocenters. The molecule has 2 amide bonds. The number of nitrogens with zero attached hydrogens (tertiary/aromatic N) is 3. The number of nitro benzene ring substituents is 1. The molecular formula is C27H26N4O6. The third-order valence-electron chi connectivity index (χ3n) is 6.34. The van der Waals surface area contributed by atoms with E-state index in [-0.39, 0.29) is 28.3 Å². The summed E-state index contributed by atoms with van der Waals surface area (Å²) in [6.07, 6.45) is 0. The van der Waals surface area contributed by atoms with Crippen LogP contribution in [-0.2, 0) is 4.74 Å². The molecule has 10 nitrogen and oxygen atoms in total. The minimum absolute atomic E-state index is 0.0454. The fraction of sp³-hybridized carbons (Fsp3) is 0.222. The normalized spacial score (nSPS) is 13.1. The van der Waals surface area contributed by atoms with Crippen molar-refractivity contribution >= 4 is 34.8 Å². The van der Waals surface area contributed by atoms with Crippen LogP contribution in [0.5, 0.6) is 0 Å². The highest BCUT2D eigenvalue weighted by molar-refractivity contribution is 6.08. The van der Waals surface area contributed by atoms with Gasteiger partial charge >= 0.3 is 5.97 Å². The summed E-state index contributed by atoms with van der Waals surface area (Å²) in [6.45, 7) is 3.49. The lowest BCUT2D eigenvalue weighted by molar-refractivity contribution is -0.385. The molecule has 1 aliphatic rings. The molecule has 0 unspecified atom stereocenters. The third-order valence-corrected chi connectivity index (χ3v) is 6.34. The van der Waals surface area contributed by atoms with E-state index in [1.807, 2.05) is 23.1 Å². The fourth-order valence-electron chi connectivity index (χ4n) is 4.33. The van der Waals surface area contributed by atoms with Gasteiger partial charge < -0.3 is 19.9 Å². The number of carbonyl (C=O) groups is 3. The SMILES string of the molecule is COC(=O)c1ccc(N2CCN(C(=O)c3ccccc3)CC2)c(NC(=O)c2cccc([N+](=O)[O-])c2C)c1. The second kappa shape index (κ2) is 10.9. The van der Waals surface area contributed by atoms with Crippen LogP contribution >= 0.6 is 0 Å². The van der Waals surface area contributed by atoms with Crippen LogP contribution in [0.4, 0.5) is 17.1 Å². The highest BCUT2D eigenvalue weighted by Crippen LogP contribution is 2.30. The number of nitrogens with one attached hydrogen (secondary N) is 1. The lowest BCUT2D eigenvalue weighted by Gasteiger charge is -2.37. The molecule has 4 rings (SSSR count). The van der Waals surface area contributed by atoms with Crippen LogP contribution in [-0.4, -0.2) is 60.9 Å². The van der Waals surface area contributed by atoms with E-state index < -0.39 is 16.8 Å². The number of carbonyl (C=O) groups excluding carboxylic acids is 3. The van der Waals surface area contributed by atoms with Gasteiger partial charge in [0, 0.05) is 48.9 Å². The summed E-state index contributed by atoms with van der Waals surface area (Å²) in [5.74, 6) is -1.15. The molecule has 10 heteroatoms. The van der Waals surface area contributed by atoms with Gasteiger partial charge in [-0.05, 0) is 43.3 Å². The van der Waals surface area contributed by atoms with Crippen molar-refractivity contribution in [2.75, 3.05) is 43.5 Å². The molecule has 0 saturated carbocycles. The first-order valence-electron chi connectivity index (χ1n) is 11.7. The summed E-state index contributed by atoms with van der Waals surface area (Å²) < 4.78 is 4.83. The Kier molecular flexibility index (Phi) is 7.47. The van der Waals surface area contributed by atoms with E-state index in [9.17, 15) is 24.5 Å². The number of ether oxygens (including phenoxy) is 1. The van der Waals surface area contributed by atoms with Gasteiger partial charge in [0.2, 0.25) is 0 Å². The van der Waals surface area contributed by atoms with Crippen LogP contribution in [0.2, 0.25) is 0 Å². The molecule has 0 bridgehead atoms. The Bertz CT molecular complexity index is 1350. The first-order chi connectivity index (χ1) is 17.8. The topological polar surface area (TPSA) is 122 Å². The van der Waals surface area contributed by atoms with Crippen LogP contribution in [0.25, 0.3) is 0 Å². The average molecular weight is 503 g/mol. The van der Waals surface area contributed by atoms with Crippen LogP contribution in [0.15, 0.2) is 66.7 Å². The number of hydrogen-bond acceptors (Lipinski definition) is 7. The summed E-state index contributed by atoms with van der Waals surface area (Å²) in [4.78, 5) is 52.7. The van der Waals surface area contributed by atoms with E-state index in [1.54, 1.807) is 29.2 Å². The predicted molar refractivity (Wildman–Crippen MR) is 138 cm³/mol. The molecule has 3 aromatic carbocycles. The molecule has 1 aliphatic heterocycles. The zero-order valence-electron chi connectivity index (χ0n) is 20.5. The number of amides is 2. The van der Waals surface area contributed by atoms with Gasteiger partial charge in [0.15, 0.2) is 0 Å². The van der Waals surface area contributed by atoms with Crippen molar-refractivity contribution in [2.45, 2.75) is 6.92 Å². The third kappa shape index (κ3) is 5.43. The Hall–Kier alpha value is -4.73. The van der Waals surface area contributed by atoms with Crippen LogP contribution in [0, 0.1) is 17.0 Å². The maximum absolute atomic E-state index is 13.2. The lowest BCUT2D eigenvalue weighted by Crippen LogP contribution is -2.49. The number of methoxy groups -OCH3 is 1. The van der Waals surface area contributed by atoms with E-state index in [2.05, 4.69) is 5.32 Å². The minimum atomic E-state index is -0.563. The number of anilines is 2. The monoisotopic (exact) mass is 502 g/mol. The quantitative estimate of drug-likeness (QED) is 0.308. The number of hydrogen-bond donors (Lipinski definition) is 1. The summed E-state index contributed by atoms with van der Waals surface area (Å²) in [7, 11) is 1.27. The van der Waals surface area contributed by atoms with Gasteiger partial charge in [-0.3, -0.25) is 19.7 Å². The maximum Gasteiger partial charge on any atom is 0.337 e. The number of piperazine rings is 1. The van der Waals surface area contributed by atoms with Crippen molar-refractivity contribution in [2.24, 2.45) is 0 Å². The molecule has 1 N–H and O–H groups in total. The molecule has 1 saturated heterocycles. The van der Waals surface area contributed by atoms with E-state index >= 15 is 0 Å². The van der Waals surface area contributed by atoms with Gasteiger partial charge in [0.05, 0.1) is 29.0 Å². The zero-order valence-corrected chi connectivity index (χ0v) is 20.5. The molecule has 0 aromatic heterocycles. The Morgan fingerprint density at radius 1 is 0.919 bits per heavy atom. The first kappa shape index (κ1) is 25.4. The number of benzene rings is 3. The smallest absolute Gasteiger partial charge is 0.337 e. The number of nitro groups is 1.